The number of pyridine rings is 1. The number of amides is 4. The summed E-state index contributed by atoms with van der Waals surface area (Å²) in [6.07, 6.45) is 18.1. The molecule has 17 heteroatoms. The topological polar surface area (TPSA) is 199 Å². The summed E-state index contributed by atoms with van der Waals surface area (Å²) in [7, 11) is 0. The third-order valence-electron chi connectivity index (χ3n) is 15.5. The van der Waals surface area contributed by atoms with Crippen molar-refractivity contribution in [3.05, 3.63) is 78.5 Å². The van der Waals surface area contributed by atoms with Gasteiger partial charge in [-0.05, 0) is 114 Å². The van der Waals surface area contributed by atoms with Crippen LogP contribution in [0.5, 0.6) is 0 Å². The van der Waals surface area contributed by atoms with E-state index in [9.17, 15) is 24.4 Å². The highest BCUT2D eigenvalue weighted by molar-refractivity contribution is 6.01. The molecule has 5 fully saturated rings. The van der Waals surface area contributed by atoms with Gasteiger partial charge in [0.25, 0.3) is 0 Å². The lowest BCUT2D eigenvalue weighted by Crippen LogP contribution is -2.50. The molecule has 3 N–H and O–H groups in total. The molecule has 9 heterocycles. The fourth-order valence-electron chi connectivity index (χ4n) is 11.5. The number of carbonyl (C=O) groups excluding carboxylic acids is 4. The first-order valence-corrected chi connectivity index (χ1v) is 24.6. The average molecular weight is 920 g/mol. The fraction of sp³-hybridized carbons (Fsp3) is 0.510. The average Bonchev–Trinajstić information content (AvgIpc) is 4.07. The van der Waals surface area contributed by atoms with E-state index in [1.165, 1.54) is 5.56 Å². The second kappa shape index (κ2) is 18.8. The van der Waals surface area contributed by atoms with Crippen LogP contribution in [0.2, 0.25) is 0 Å². The van der Waals surface area contributed by atoms with Gasteiger partial charge in [-0.25, -0.2) is 14.5 Å². The summed E-state index contributed by atoms with van der Waals surface area (Å²) >= 11 is 0. The van der Waals surface area contributed by atoms with Gasteiger partial charge in [-0.2, -0.15) is 15.5 Å². The summed E-state index contributed by atoms with van der Waals surface area (Å²) < 4.78 is 3.71. The van der Waals surface area contributed by atoms with Crippen molar-refractivity contribution in [3.8, 4) is 28.6 Å². The third kappa shape index (κ3) is 8.93. The molecule has 0 radical (unpaired) electrons. The number of hydrogen-bond acceptors (Lipinski definition) is 12. The van der Waals surface area contributed by atoms with Crippen molar-refractivity contribution in [2.45, 2.75) is 128 Å². The monoisotopic (exact) mass is 919 g/mol. The SMILES string of the molecule is CCC1(C(=O)NC(C)C)CCN(c2ccc(-c3nc(-c4cnn(C5CCN(C(=O)CN6C7CCC6CC(c6ccc(NC8CCC(=O)NC8=O)cc6)C7)CC5)c4)cn4ncc(C#N)c34)cn2)CC1. The molecule has 68 heavy (non-hydrogen) atoms. The van der Waals surface area contributed by atoms with Crippen LogP contribution in [0.4, 0.5) is 11.5 Å². The Labute approximate surface area is 396 Å². The number of hydrogen-bond donors (Lipinski definition) is 3. The number of rotatable bonds is 12. The smallest absolute Gasteiger partial charge is 0.249 e. The molecule has 0 saturated carbocycles. The summed E-state index contributed by atoms with van der Waals surface area (Å²) in [6, 6.07) is 15.3. The first kappa shape index (κ1) is 45.1. The van der Waals surface area contributed by atoms with Crippen LogP contribution in [0.3, 0.4) is 0 Å². The van der Waals surface area contributed by atoms with Crippen LogP contribution in [0.1, 0.15) is 114 Å². The normalized spacial score (nSPS) is 23.2. The van der Waals surface area contributed by atoms with Gasteiger partial charge in [0.15, 0.2) is 0 Å². The van der Waals surface area contributed by atoms with E-state index < -0.39 is 6.04 Å². The van der Waals surface area contributed by atoms with Gasteiger partial charge in [0.05, 0.1) is 48.0 Å². The van der Waals surface area contributed by atoms with Crippen molar-refractivity contribution < 1.29 is 19.2 Å². The molecule has 5 saturated heterocycles. The molecule has 3 unspecified atom stereocenters. The van der Waals surface area contributed by atoms with Crippen LogP contribution in [0.15, 0.2) is 67.4 Å². The maximum absolute atomic E-state index is 13.8. The lowest BCUT2D eigenvalue weighted by molar-refractivity contribution is -0.135. The highest BCUT2D eigenvalue weighted by Crippen LogP contribution is 2.44. The van der Waals surface area contributed by atoms with E-state index in [-0.39, 0.29) is 41.1 Å². The van der Waals surface area contributed by atoms with E-state index in [1.54, 1.807) is 10.7 Å². The number of likely N-dealkylation sites (tertiary alicyclic amines) is 1. The quantitative estimate of drug-likeness (QED) is 0.127. The van der Waals surface area contributed by atoms with E-state index in [0.717, 1.165) is 93.5 Å². The standard InChI is InChI=1S/C51H61N13O4/c1-4-51(50(68)56-32(2)3)17-21-60(22-18-51)44-13-7-34(26-53-44)47-48-36(25-52)27-55-64(48)30-43(58-47)37-28-54-63(29-37)39-15-19-61(20-16-39)46(66)31-62-40-10-11-41(62)24-35(23-40)33-5-8-38(9-6-33)57-42-12-14-45(65)59-49(42)67/h5-9,13,26-30,32,35,39-42,57H,4,10-12,14-24,31H2,1-3H3,(H,56,68)(H,59,65,67). The molecular formula is C51H61N13O4. The van der Waals surface area contributed by atoms with Crippen molar-refractivity contribution in [3.63, 3.8) is 0 Å². The highest BCUT2D eigenvalue weighted by atomic mass is 16.2. The van der Waals surface area contributed by atoms with Gasteiger partial charge < -0.3 is 20.4 Å². The molecule has 2 bridgehead atoms. The molecule has 1 aromatic carbocycles. The van der Waals surface area contributed by atoms with Gasteiger partial charge >= 0.3 is 0 Å². The van der Waals surface area contributed by atoms with Gasteiger partial charge in [-0.15, -0.1) is 0 Å². The predicted octanol–water partition coefficient (Wildman–Crippen LogP) is 5.84. The Morgan fingerprint density at radius 2 is 1.63 bits per heavy atom. The number of fused-ring (bicyclic) bond motifs is 3. The Morgan fingerprint density at radius 3 is 2.29 bits per heavy atom. The van der Waals surface area contributed by atoms with Crippen molar-refractivity contribution in [1.29, 1.82) is 5.26 Å². The minimum Gasteiger partial charge on any atom is -0.374 e. The molecule has 354 valence electrons. The number of benzene rings is 1. The summed E-state index contributed by atoms with van der Waals surface area (Å²) in [5.74, 6) is 1.13. The zero-order valence-electron chi connectivity index (χ0n) is 39.2. The Balaban J connectivity index is 0.748. The van der Waals surface area contributed by atoms with Crippen LogP contribution in [-0.2, 0) is 19.2 Å². The number of nitrogens with one attached hydrogen (secondary N) is 3. The molecule has 10 rings (SSSR count). The van der Waals surface area contributed by atoms with Crippen LogP contribution in [0.25, 0.3) is 28.0 Å². The van der Waals surface area contributed by atoms with Crippen molar-refractivity contribution in [2.24, 2.45) is 5.41 Å². The number of carbonyl (C=O) groups is 4. The van der Waals surface area contributed by atoms with Crippen LogP contribution < -0.4 is 20.9 Å². The van der Waals surface area contributed by atoms with E-state index >= 15 is 0 Å². The first-order chi connectivity index (χ1) is 33.0. The number of anilines is 2. The highest BCUT2D eigenvalue weighted by Gasteiger charge is 2.43. The van der Waals surface area contributed by atoms with Gasteiger partial charge in [0.1, 0.15) is 29.0 Å². The summed E-state index contributed by atoms with van der Waals surface area (Å²) in [5.41, 5.74) is 5.72. The minimum atomic E-state index is -0.404. The molecule has 5 aliphatic rings. The first-order valence-electron chi connectivity index (χ1n) is 24.6. The molecule has 0 spiro atoms. The number of aromatic nitrogens is 6. The Bertz CT molecular complexity index is 2710. The van der Waals surface area contributed by atoms with E-state index in [1.807, 2.05) is 72.5 Å². The van der Waals surface area contributed by atoms with Gasteiger partial charge in [0, 0.05) is 79.9 Å². The maximum atomic E-state index is 13.8. The van der Waals surface area contributed by atoms with Gasteiger partial charge in [-0.3, -0.25) is 34.1 Å². The third-order valence-corrected chi connectivity index (χ3v) is 15.5. The number of piperidine rings is 4. The molecule has 3 atom stereocenters. The van der Waals surface area contributed by atoms with Crippen molar-refractivity contribution >= 4 is 40.7 Å². The van der Waals surface area contributed by atoms with Crippen LogP contribution in [-0.4, -0.2) is 120 Å². The largest absolute Gasteiger partial charge is 0.374 e. The number of imide groups is 1. The molecule has 5 aromatic rings. The van der Waals surface area contributed by atoms with Crippen LogP contribution in [0, 0.1) is 16.7 Å². The zero-order valence-corrected chi connectivity index (χ0v) is 39.2. The van der Waals surface area contributed by atoms with E-state index in [4.69, 9.17) is 15.1 Å². The molecule has 4 amide bonds. The Morgan fingerprint density at radius 1 is 0.882 bits per heavy atom. The summed E-state index contributed by atoms with van der Waals surface area (Å²) in [6.45, 7) is 9.38. The second-order valence-electron chi connectivity index (χ2n) is 19.9. The molecular weight excluding hydrogens is 859 g/mol. The Kier molecular flexibility index (Phi) is 12.5. The second-order valence-corrected chi connectivity index (χ2v) is 19.9. The van der Waals surface area contributed by atoms with Gasteiger partial charge in [-0.1, -0.05) is 19.1 Å². The molecule has 17 nitrogen and oxygen atoms in total. The maximum Gasteiger partial charge on any atom is 0.249 e. The fourth-order valence-corrected chi connectivity index (χ4v) is 11.5. The predicted molar refractivity (Wildman–Crippen MR) is 256 cm³/mol. The summed E-state index contributed by atoms with van der Waals surface area (Å²) in [4.78, 5) is 67.4. The van der Waals surface area contributed by atoms with Gasteiger partial charge in [0.2, 0.25) is 23.6 Å². The lowest BCUT2D eigenvalue weighted by atomic mass is 9.75. The molecule has 4 aromatic heterocycles. The van der Waals surface area contributed by atoms with E-state index in [2.05, 4.69) is 56.0 Å². The Hall–Kier alpha value is -6.67. The van der Waals surface area contributed by atoms with E-state index in [0.29, 0.717) is 72.9 Å². The van der Waals surface area contributed by atoms with Crippen molar-refractivity contribution in [2.75, 3.05) is 42.9 Å². The number of nitriles is 1. The van der Waals surface area contributed by atoms with Crippen LogP contribution >= 0.6 is 0 Å². The summed E-state index contributed by atoms with van der Waals surface area (Å²) in [5, 5.41) is 28.2. The molecule has 0 aliphatic carbocycles. The van der Waals surface area contributed by atoms with Crippen molar-refractivity contribution in [1.82, 2.24) is 49.8 Å². The molecule has 5 aliphatic heterocycles. The minimum absolute atomic E-state index is 0.106. The lowest BCUT2D eigenvalue weighted by Gasteiger charge is -2.41. The zero-order chi connectivity index (χ0) is 47.1. The number of nitrogens with zero attached hydrogens (tertiary/aromatic N) is 10.